The molecule has 0 spiro atoms. The number of hydrogen-bond acceptors (Lipinski definition) is 7. The van der Waals surface area contributed by atoms with Crippen molar-refractivity contribution in [3.63, 3.8) is 0 Å². The fraction of sp³-hybridized carbons (Fsp3) is 0.0952. The monoisotopic (exact) mass is 416 g/mol. The summed E-state index contributed by atoms with van der Waals surface area (Å²) in [5.74, 6) is -0.772. The first kappa shape index (κ1) is 21.1. The van der Waals surface area contributed by atoms with Crippen molar-refractivity contribution in [2.45, 2.75) is 13.8 Å². The van der Waals surface area contributed by atoms with Gasteiger partial charge in [-0.05, 0) is 31.5 Å². The minimum absolute atomic E-state index is 0.107. The maximum Gasteiger partial charge on any atom is 0.292 e. The van der Waals surface area contributed by atoms with E-state index in [1.54, 1.807) is 37.3 Å². The van der Waals surface area contributed by atoms with E-state index in [2.05, 4.69) is 15.6 Å². The van der Waals surface area contributed by atoms with Crippen LogP contribution >= 0.6 is 0 Å². The van der Waals surface area contributed by atoms with Gasteiger partial charge in [-0.2, -0.15) is 20.1 Å². The molecule has 0 fully saturated rings. The quantitative estimate of drug-likeness (QED) is 0.384. The summed E-state index contributed by atoms with van der Waals surface area (Å²) in [4.78, 5) is 35.9. The lowest BCUT2D eigenvalue weighted by atomic mass is 10.1. The molecule has 154 valence electrons. The molecule has 10 nitrogen and oxygen atoms in total. The molecular weight excluding hydrogens is 400 g/mol. The van der Waals surface area contributed by atoms with Gasteiger partial charge < -0.3 is 0 Å². The highest BCUT2D eigenvalue weighted by atomic mass is 16.6. The Bertz CT molecular complexity index is 1320. The van der Waals surface area contributed by atoms with Crippen LogP contribution in [0.1, 0.15) is 32.7 Å². The van der Waals surface area contributed by atoms with E-state index in [9.17, 15) is 25.0 Å². The Labute approximate surface area is 176 Å². The molecule has 0 bridgehead atoms. The SMILES string of the molecule is Cc1ccccc1-n1nc(C(=O)N/N=C/c2ccccc2[N+](=O)[O-])c(C)c(C#N)c1=O. The molecule has 0 saturated heterocycles. The standard InChI is InChI=1S/C21H16N6O4/c1-13-7-3-5-9-17(13)26-21(29)16(11-22)14(2)19(25-26)20(28)24-23-12-15-8-4-6-10-18(15)27(30)31/h3-10,12H,1-2H3,(H,24,28)/b23-12+. The number of carbonyl (C=O) groups is 1. The van der Waals surface area contributed by atoms with Crippen molar-refractivity contribution in [3.8, 4) is 11.8 Å². The first-order chi connectivity index (χ1) is 14.8. The number of nitriles is 1. The summed E-state index contributed by atoms with van der Waals surface area (Å²) in [6.45, 7) is 3.21. The molecule has 2 aromatic carbocycles. The van der Waals surface area contributed by atoms with Gasteiger partial charge in [0.2, 0.25) is 0 Å². The van der Waals surface area contributed by atoms with Crippen LogP contribution in [-0.4, -0.2) is 26.8 Å². The van der Waals surface area contributed by atoms with Crippen molar-refractivity contribution in [3.05, 3.63) is 96.9 Å². The van der Waals surface area contributed by atoms with Crippen molar-refractivity contribution in [2.75, 3.05) is 0 Å². The highest BCUT2D eigenvalue weighted by Crippen LogP contribution is 2.16. The molecule has 0 radical (unpaired) electrons. The third-order valence-corrected chi connectivity index (χ3v) is 4.51. The van der Waals surface area contributed by atoms with E-state index in [1.807, 2.05) is 6.07 Å². The fourth-order valence-electron chi connectivity index (χ4n) is 2.89. The van der Waals surface area contributed by atoms with Crippen LogP contribution in [0.2, 0.25) is 0 Å². The number of nitrogens with one attached hydrogen (secondary N) is 1. The van der Waals surface area contributed by atoms with Crippen molar-refractivity contribution >= 4 is 17.8 Å². The van der Waals surface area contributed by atoms with Gasteiger partial charge in [0, 0.05) is 11.6 Å². The Balaban J connectivity index is 1.99. The van der Waals surface area contributed by atoms with E-state index >= 15 is 0 Å². The zero-order valence-electron chi connectivity index (χ0n) is 16.6. The number of aromatic nitrogens is 2. The first-order valence-corrected chi connectivity index (χ1v) is 9.02. The largest absolute Gasteiger partial charge is 0.292 e. The van der Waals surface area contributed by atoms with Gasteiger partial charge in [0.25, 0.3) is 17.2 Å². The van der Waals surface area contributed by atoms with Crippen LogP contribution in [0.5, 0.6) is 0 Å². The molecule has 1 aromatic heterocycles. The van der Waals surface area contributed by atoms with Crippen LogP contribution < -0.4 is 11.0 Å². The van der Waals surface area contributed by atoms with Gasteiger partial charge in [-0.15, -0.1) is 0 Å². The Hall–Kier alpha value is -4.65. The minimum Gasteiger partial charge on any atom is -0.266 e. The molecule has 3 rings (SSSR count). The number of nitro benzene ring substituents is 1. The lowest BCUT2D eigenvalue weighted by Gasteiger charge is -2.12. The topological polar surface area (TPSA) is 143 Å². The number of nitro groups is 1. The van der Waals surface area contributed by atoms with Gasteiger partial charge in [0.15, 0.2) is 5.69 Å². The Morgan fingerprint density at radius 2 is 1.90 bits per heavy atom. The first-order valence-electron chi connectivity index (χ1n) is 9.02. The summed E-state index contributed by atoms with van der Waals surface area (Å²) in [5.41, 5.74) is 2.50. The number of aryl methyl sites for hydroxylation is 1. The maximum atomic E-state index is 12.7. The molecule has 0 aliphatic heterocycles. The van der Waals surface area contributed by atoms with E-state index in [0.717, 1.165) is 16.5 Å². The molecule has 0 unspecified atom stereocenters. The van der Waals surface area contributed by atoms with Crippen LogP contribution in [0.4, 0.5) is 5.69 Å². The maximum absolute atomic E-state index is 12.7. The van der Waals surface area contributed by atoms with E-state index in [1.165, 1.54) is 25.1 Å². The molecule has 3 aromatic rings. The number of amides is 1. The lowest BCUT2D eigenvalue weighted by Crippen LogP contribution is -2.31. The average Bonchev–Trinajstić information content (AvgIpc) is 2.75. The van der Waals surface area contributed by atoms with E-state index in [0.29, 0.717) is 5.69 Å². The number of benzene rings is 2. The third kappa shape index (κ3) is 4.20. The zero-order valence-corrected chi connectivity index (χ0v) is 16.6. The molecule has 31 heavy (non-hydrogen) atoms. The van der Waals surface area contributed by atoms with Gasteiger partial charge in [0.05, 0.1) is 22.4 Å². The van der Waals surface area contributed by atoms with Gasteiger partial charge in [-0.1, -0.05) is 30.3 Å². The molecule has 0 saturated carbocycles. The predicted molar refractivity (Wildman–Crippen MR) is 112 cm³/mol. The van der Waals surface area contributed by atoms with Crippen molar-refractivity contribution in [1.29, 1.82) is 5.26 Å². The molecule has 0 atom stereocenters. The molecule has 0 aliphatic carbocycles. The number of para-hydroxylation sites is 2. The minimum atomic E-state index is -0.772. The molecular formula is C21H16N6O4. The summed E-state index contributed by atoms with van der Waals surface area (Å²) < 4.78 is 1.00. The van der Waals surface area contributed by atoms with E-state index in [-0.39, 0.29) is 28.1 Å². The van der Waals surface area contributed by atoms with Crippen LogP contribution in [0.3, 0.4) is 0 Å². The Morgan fingerprint density at radius 3 is 2.58 bits per heavy atom. The highest BCUT2D eigenvalue weighted by molar-refractivity contribution is 5.95. The van der Waals surface area contributed by atoms with Crippen LogP contribution in [-0.2, 0) is 0 Å². The second kappa shape index (κ2) is 8.79. The number of nitrogens with zero attached hydrogens (tertiary/aromatic N) is 5. The second-order valence-electron chi connectivity index (χ2n) is 6.48. The van der Waals surface area contributed by atoms with Crippen LogP contribution in [0, 0.1) is 35.3 Å². The predicted octanol–water partition coefficient (Wildman–Crippen LogP) is 2.39. The van der Waals surface area contributed by atoms with Crippen molar-refractivity contribution in [2.24, 2.45) is 5.10 Å². The van der Waals surface area contributed by atoms with Gasteiger partial charge in [0.1, 0.15) is 11.6 Å². The zero-order chi connectivity index (χ0) is 22.5. The van der Waals surface area contributed by atoms with Crippen LogP contribution in [0.25, 0.3) is 5.69 Å². The van der Waals surface area contributed by atoms with Gasteiger partial charge >= 0.3 is 0 Å². The summed E-state index contributed by atoms with van der Waals surface area (Å²) in [7, 11) is 0. The summed E-state index contributed by atoms with van der Waals surface area (Å²) in [6.07, 6.45) is 1.13. The van der Waals surface area contributed by atoms with Gasteiger partial charge in [-0.3, -0.25) is 19.7 Å². The number of hydrogen-bond donors (Lipinski definition) is 1. The van der Waals surface area contributed by atoms with Crippen molar-refractivity contribution < 1.29 is 9.72 Å². The normalized spacial score (nSPS) is 10.6. The highest BCUT2D eigenvalue weighted by Gasteiger charge is 2.20. The van der Waals surface area contributed by atoms with E-state index < -0.39 is 16.4 Å². The molecule has 0 aliphatic rings. The number of rotatable bonds is 5. The lowest BCUT2D eigenvalue weighted by molar-refractivity contribution is -0.385. The summed E-state index contributed by atoms with van der Waals surface area (Å²) in [5, 5.41) is 28.4. The molecule has 1 N–H and O–H groups in total. The second-order valence-corrected chi connectivity index (χ2v) is 6.48. The van der Waals surface area contributed by atoms with Crippen LogP contribution in [0.15, 0.2) is 58.4 Å². The Morgan fingerprint density at radius 1 is 1.23 bits per heavy atom. The smallest absolute Gasteiger partial charge is 0.266 e. The molecule has 10 heteroatoms. The third-order valence-electron chi connectivity index (χ3n) is 4.51. The molecule has 1 amide bonds. The average molecular weight is 416 g/mol. The summed E-state index contributed by atoms with van der Waals surface area (Å²) in [6, 6.07) is 14.6. The van der Waals surface area contributed by atoms with Crippen molar-refractivity contribution in [1.82, 2.24) is 15.2 Å². The van der Waals surface area contributed by atoms with E-state index in [4.69, 9.17) is 0 Å². The molecule has 1 heterocycles. The number of carbonyl (C=O) groups excluding carboxylic acids is 1. The number of hydrazone groups is 1. The van der Waals surface area contributed by atoms with Gasteiger partial charge in [-0.25, -0.2) is 5.43 Å². The summed E-state index contributed by atoms with van der Waals surface area (Å²) >= 11 is 0. The Kier molecular flexibility index (Phi) is 5.97. The fourth-order valence-corrected chi connectivity index (χ4v) is 2.89.